The topological polar surface area (TPSA) is 20.2 Å². The van der Waals surface area contributed by atoms with Gasteiger partial charge in [-0.2, -0.15) is 11.3 Å². The number of rotatable bonds is 2. The molecule has 1 atom stereocenters. The van der Waals surface area contributed by atoms with Crippen molar-refractivity contribution < 1.29 is 9.50 Å². The molecule has 0 saturated carbocycles. The number of benzene rings is 2. The van der Waals surface area contributed by atoms with Crippen molar-refractivity contribution in [3.05, 3.63) is 70.2 Å². The van der Waals surface area contributed by atoms with Gasteiger partial charge in [-0.1, -0.05) is 30.3 Å². The van der Waals surface area contributed by atoms with Gasteiger partial charge in [-0.3, -0.25) is 0 Å². The molecule has 0 saturated heterocycles. The van der Waals surface area contributed by atoms with Gasteiger partial charge in [0, 0.05) is 5.39 Å². The van der Waals surface area contributed by atoms with Gasteiger partial charge >= 0.3 is 0 Å². The summed E-state index contributed by atoms with van der Waals surface area (Å²) in [7, 11) is 0. The lowest BCUT2D eigenvalue weighted by molar-refractivity contribution is 0.222. The molecule has 3 rings (SSSR count). The van der Waals surface area contributed by atoms with E-state index in [-0.39, 0.29) is 5.82 Å². The summed E-state index contributed by atoms with van der Waals surface area (Å²) in [4.78, 5) is 0. The Kier molecular flexibility index (Phi) is 2.86. The summed E-state index contributed by atoms with van der Waals surface area (Å²) in [6.07, 6.45) is -0.707. The molecule has 1 aromatic heterocycles. The van der Waals surface area contributed by atoms with Crippen LogP contribution in [-0.2, 0) is 0 Å². The van der Waals surface area contributed by atoms with E-state index in [0.29, 0.717) is 5.39 Å². The molecule has 0 spiro atoms. The van der Waals surface area contributed by atoms with Crippen molar-refractivity contribution >= 4 is 22.1 Å². The fourth-order valence-electron chi connectivity index (χ4n) is 2.13. The zero-order valence-electron chi connectivity index (χ0n) is 9.51. The number of halogens is 1. The highest BCUT2D eigenvalue weighted by atomic mass is 32.1. The maximum Gasteiger partial charge on any atom is 0.131 e. The Hall–Kier alpha value is -1.71. The van der Waals surface area contributed by atoms with Crippen LogP contribution in [0.5, 0.6) is 0 Å². The lowest BCUT2D eigenvalue weighted by atomic mass is 9.97. The van der Waals surface area contributed by atoms with Crippen LogP contribution >= 0.6 is 11.3 Å². The van der Waals surface area contributed by atoms with Crippen LogP contribution in [0.3, 0.4) is 0 Å². The molecule has 0 fully saturated rings. The first kappa shape index (κ1) is 11.4. The summed E-state index contributed by atoms with van der Waals surface area (Å²) in [6.45, 7) is 0. The number of aliphatic hydroxyl groups excluding tert-OH is 1. The van der Waals surface area contributed by atoms with Gasteiger partial charge in [0.15, 0.2) is 0 Å². The van der Waals surface area contributed by atoms with Gasteiger partial charge in [-0.15, -0.1) is 0 Å². The van der Waals surface area contributed by atoms with Gasteiger partial charge in [-0.05, 0) is 39.4 Å². The second-order valence-corrected chi connectivity index (χ2v) is 4.92. The van der Waals surface area contributed by atoms with Crippen molar-refractivity contribution in [1.82, 2.24) is 0 Å². The first-order valence-corrected chi connectivity index (χ1v) is 6.59. The number of thiophene rings is 1. The fraction of sp³-hybridized carbons (Fsp3) is 0.0667. The molecule has 0 unspecified atom stereocenters. The van der Waals surface area contributed by atoms with E-state index in [9.17, 15) is 9.50 Å². The molecule has 3 aromatic rings. The van der Waals surface area contributed by atoms with Gasteiger partial charge in [0.2, 0.25) is 0 Å². The normalized spacial score (nSPS) is 12.8. The second-order valence-electron chi connectivity index (χ2n) is 4.14. The molecule has 18 heavy (non-hydrogen) atoms. The molecule has 0 bridgehead atoms. The van der Waals surface area contributed by atoms with Crippen LogP contribution in [0.15, 0.2) is 53.2 Å². The van der Waals surface area contributed by atoms with Crippen molar-refractivity contribution in [2.45, 2.75) is 6.10 Å². The van der Waals surface area contributed by atoms with Gasteiger partial charge in [-0.25, -0.2) is 4.39 Å². The summed E-state index contributed by atoms with van der Waals surface area (Å²) in [6, 6.07) is 12.2. The quantitative estimate of drug-likeness (QED) is 0.733. The molecule has 0 aliphatic carbocycles. The molecule has 0 aliphatic heterocycles. The Labute approximate surface area is 108 Å². The highest BCUT2D eigenvalue weighted by Gasteiger charge is 2.15. The molecule has 1 N–H and O–H groups in total. The number of hydrogen-bond donors (Lipinski definition) is 1. The van der Waals surface area contributed by atoms with Crippen molar-refractivity contribution in [2.24, 2.45) is 0 Å². The monoisotopic (exact) mass is 258 g/mol. The zero-order valence-corrected chi connectivity index (χ0v) is 10.3. The summed E-state index contributed by atoms with van der Waals surface area (Å²) in [5.74, 6) is -0.258. The number of aliphatic hydroxyl groups is 1. The van der Waals surface area contributed by atoms with Crippen LogP contribution < -0.4 is 0 Å². The molecule has 0 aliphatic rings. The van der Waals surface area contributed by atoms with E-state index in [4.69, 9.17) is 0 Å². The Morgan fingerprint density at radius 3 is 2.50 bits per heavy atom. The average Bonchev–Trinajstić information content (AvgIpc) is 2.93. The van der Waals surface area contributed by atoms with E-state index in [1.807, 2.05) is 29.0 Å². The molecular formula is C15H11FOS. The van der Waals surface area contributed by atoms with Crippen LogP contribution in [-0.4, -0.2) is 5.11 Å². The SMILES string of the molecule is O[C@@H](c1ccsc1)c1ccc(F)c2ccccc12. The fourth-order valence-corrected chi connectivity index (χ4v) is 2.81. The summed E-state index contributed by atoms with van der Waals surface area (Å²) in [5.41, 5.74) is 1.59. The maximum atomic E-state index is 13.7. The van der Waals surface area contributed by atoms with Crippen LogP contribution in [0.1, 0.15) is 17.2 Å². The van der Waals surface area contributed by atoms with Crippen LogP contribution in [0.4, 0.5) is 4.39 Å². The molecule has 0 amide bonds. The average molecular weight is 258 g/mol. The van der Waals surface area contributed by atoms with Gasteiger partial charge < -0.3 is 5.11 Å². The summed E-state index contributed by atoms with van der Waals surface area (Å²) < 4.78 is 13.7. The van der Waals surface area contributed by atoms with E-state index < -0.39 is 6.10 Å². The zero-order chi connectivity index (χ0) is 12.5. The molecule has 1 nitrogen and oxygen atoms in total. The molecule has 3 heteroatoms. The predicted octanol–water partition coefficient (Wildman–Crippen LogP) is 4.12. The van der Waals surface area contributed by atoms with E-state index in [1.54, 1.807) is 18.2 Å². The Balaban J connectivity index is 2.21. The maximum absolute atomic E-state index is 13.7. The van der Waals surface area contributed by atoms with E-state index in [2.05, 4.69) is 0 Å². The minimum Gasteiger partial charge on any atom is -0.384 e. The predicted molar refractivity (Wildman–Crippen MR) is 72.3 cm³/mol. The van der Waals surface area contributed by atoms with Crippen LogP contribution in [0.2, 0.25) is 0 Å². The highest BCUT2D eigenvalue weighted by molar-refractivity contribution is 7.08. The van der Waals surface area contributed by atoms with Crippen LogP contribution in [0, 0.1) is 5.82 Å². The molecule has 1 heterocycles. The smallest absolute Gasteiger partial charge is 0.131 e. The Bertz CT molecular complexity index is 676. The summed E-state index contributed by atoms with van der Waals surface area (Å²) in [5, 5.41) is 15.5. The lowest BCUT2D eigenvalue weighted by Crippen LogP contribution is -1.99. The number of hydrogen-bond acceptors (Lipinski definition) is 2. The van der Waals surface area contributed by atoms with Gasteiger partial charge in [0.05, 0.1) is 0 Å². The molecule has 2 aromatic carbocycles. The third-order valence-electron chi connectivity index (χ3n) is 3.06. The first-order valence-electron chi connectivity index (χ1n) is 5.64. The minimum absolute atomic E-state index is 0.258. The van der Waals surface area contributed by atoms with Crippen LogP contribution in [0.25, 0.3) is 10.8 Å². The second kappa shape index (κ2) is 4.52. The lowest BCUT2D eigenvalue weighted by Gasteiger charge is -2.13. The highest BCUT2D eigenvalue weighted by Crippen LogP contribution is 2.31. The first-order chi connectivity index (χ1) is 8.77. The molecule has 90 valence electrons. The molecular weight excluding hydrogens is 247 g/mol. The minimum atomic E-state index is -0.707. The van der Waals surface area contributed by atoms with Crippen molar-refractivity contribution in [2.75, 3.05) is 0 Å². The number of fused-ring (bicyclic) bond motifs is 1. The van der Waals surface area contributed by atoms with E-state index in [1.165, 1.54) is 17.4 Å². The van der Waals surface area contributed by atoms with Crippen molar-refractivity contribution in [3.8, 4) is 0 Å². The molecule has 0 radical (unpaired) electrons. The Morgan fingerprint density at radius 2 is 1.78 bits per heavy atom. The third-order valence-corrected chi connectivity index (χ3v) is 3.76. The standard InChI is InChI=1S/C15H11FOS/c16-14-6-5-13(11-3-1-2-4-12(11)14)15(17)10-7-8-18-9-10/h1-9,15,17H/t15-/m0/s1. The largest absolute Gasteiger partial charge is 0.384 e. The van der Waals surface area contributed by atoms with Gasteiger partial charge in [0.1, 0.15) is 11.9 Å². The summed E-state index contributed by atoms with van der Waals surface area (Å²) >= 11 is 1.54. The van der Waals surface area contributed by atoms with Crippen molar-refractivity contribution in [1.29, 1.82) is 0 Å². The van der Waals surface area contributed by atoms with Crippen molar-refractivity contribution in [3.63, 3.8) is 0 Å². The Morgan fingerprint density at radius 1 is 1.00 bits per heavy atom. The van der Waals surface area contributed by atoms with Gasteiger partial charge in [0.25, 0.3) is 0 Å². The van der Waals surface area contributed by atoms with E-state index in [0.717, 1.165) is 16.5 Å². The van der Waals surface area contributed by atoms with E-state index >= 15 is 0 Å². The third kappa shape index (κ3) is 1.82.